The molecule has 2 aromatic rings. The molecule has 90 valence electrons. The highest BCUT2D eigenvalue weighted by Gasteiger charge is 2.12. The number of aromatic nitrogens is 3. The van der Waals surface area contributed by atoms with Crippen LogP contribution in [0.2, 0.25) is 0 Å². The van der Waals surface area contributed by atoms with E-state index in [1.807, 2.05) is 6.07 Å². The predicted octanol–water partition coefficient (Wildman–Crippen LogP) is 1.20. The van der Waals surface area contributed by atoms with E-state index in [9.17, 15) is 4.79 Å². The van der Waals surface area contributed by atoms with E-state index in [0.29, 0.717) is 17.9 Å². The molecule has 6 heteroatoms. The summed E-state index contributed by atoms with van der Waals surface area (Å²) in [5.74, 6) is -0.994. The van der Waals surface area contributed by atoms with Crippen molar-refractivity contribution in [3.05, 3.63) is 47.0 Å². The largest absolute Gasteiger partial charge is 0.478 e. The number of carboxylic acids is 1. The first kappa shape index (κ1) is 11.8. The summed E-state index contributed by atoms with van der Waals surface area (Å²) in [5, 5.41) is 21.7. The molecule has 0 aromatic carbocycles. The molecule has 0 unspecified atom stereocenters. The number of hydrogen-bond donors (Lipinski definition) is 1. The van der Waals surface area contributed by atoms with Gasteiger partial charge in [-0.05, 0) is 24.6 Å². The molecule has 2 aromatic heterocycles. The number of nitrogens with zero attached hydrogens (tertiary/aromatic N) is 4. The first-order valence-corrected chi connectivity index (χ1v) is 5.22. The zero-order chi connectivity index (χ0) is 13.1. The van der Waals surface area contributed by atoms with Gasteiger partial charge in [-0.1, -0.05) is 0 Å². The van der Waals surface area contributed by atoms with Gasteiger partial charge in [-0.25, -0.2) is 9.78 Å². The van der Waals surface area contributed by atoms with Crippen LogP contribution in [0, 0.1) is 18.3 Å². The molecule has 1 N–H and O–H groups in total. The predicted molar refractivity (Wildman–Crippen MR) is 62.0 cm³/mol. The Morgan fingerprint density at radius 1 is 1.61 bits per heavy atom. The Kier molecular flexibility index (Phi) is 3.06. The molecule has 0 saturated heterocycles. The van der Waals surface area contributed by atoms with Crippen LogP contribution in [0.4, 0.5) is 0 Å². The summed E-state index contributed by atoms with van der Waals surface area (Å²) < 4.78 is 1.58. The van der Waals surface area contributed by atoms with Crippen molar-refractivity contribution >= 4 is 5.97 Å². The monoisotopic (exact) mass is 242 g/mol. The Balaban J connectivity index is 2.29. The van der Waals surface area contributed by atoms with Crippen LogP contribution in [0.25, 0.3) is 0 Å². The topological polar surface area (TPSA) is 91.8 Å². The summed E-state index contributed by atoms with van der Waals surface area (Å²) in [4.78, 5) is 14.8. The van der Waals surface area contributed by atoms with Gasteiger partial charge in [0, 0.05) is 6.20 Å². The Morgan fingerprint density at radius 2 is 2.39 bits per heavy atom. The van der Waals surface area contributed by atoms with E-state index in [0.717, 1.165) is 5.56 Å². The number of pyridine rings is 1. The Bertz CT molecular complexity index is 640. The lowest BCUT2D eigenvalue weighted by Gasteiger charge is -2.04. The molecule has 0 atom stereocenters. The van der Waals surface area contributed by atoms with E-state index in [2.05, 4.69) is 10.1 Å². The smallest absolute Gasteiger partial charge is 0.339 e. The number of aromatic carboxylic acids is 1. The molecule has 0 bridgehead atoms. The highest BCUT2D eigenvalue weighted by molar-refractivity contribution is 5.88. The second-order valence-electron chi connectivity index (χ2n) is 3.77. The molecular formula is C12H10N4O2. The van der Waals surface area contributed by atoms with E-state index in [-0.39, 0.29) is 5.56 Å². The van der Waals surface area contributed by atoms with Gasteiger partial charge in [-0.3, -0.25) is 4.68 Å². The number of nitriles is 1. The fourth-order valence-corrected chi connectivity index (χ4v) is 1.62. The third-order valence-corrected chi connectivity index (χ3v) is 2.60. The van der Waals surface area contributed by atoms with Crippen LogP contribution in [0.15, 0.2) is 24.5 Å². The molecular weight excluding hydrogens is 232 g/mol. The quantitative estimate of drug-likeness (QED) is 0.873. The lowest BCUT2D eigenvalue weighted by Crippen LogP contribution is -2.06. The van der Waals surface area contributed by atoms with Crippen LogP contribution >= 0.6 is 0 Å². The Hall–Kier alpha value is -2.68. The van der Waals surface area contributed by atoms with Crippen LogP contribution in [-0.2, 0) is 6.54 Å². The third kappa shape index (κ3) is 2.20. The minimum atomic E-state index is -0.994. The van der Waals surface area contributed by atoms with Gasteiger partial charge in [-0.15, -0.1) is 0 Å². The van der Waals surface area contributed by atoms with E-state index in [4.69, 9.17) is 10.4 Å². The van der Waals surface area contributed by atoms with Crippen molar-refractivity contribution in [1.82, 2.24) is 14.8 Å². The lowest BCUT2D eigenvalue weighted by atomic mass is 10.2. The van der Waals surface area contributed by atoms with Gasteiger partial charge in [0.2, 0.25) is 0 Å². The Morgan fingerprint density at radius 3 is 3.00 bits per heavy atom. The SMILES string of the molecule is Cc1c(C(=O)O)cnn1Cc1ccnc(C#N)c1. The molecule has 0 spiro atoms. The fourth-order valence-electron chi connectivity index (χ4n) is 1.62. The summed E-state index contributed by atoms with van der Waals surface area (Å²) in [7, 11) is 0. The van der Waals surface area contributed by atoms with Gasteiger partial charge < -0.3 is 5.11 Å². The average Bonchev–Trinajstić information content (AvgIpc) is 2.71. The molecule has 0 aliphatic rings. The zero-order valence-corrected chi connectivity index (χ0v) is 9.66. The van der Waals surface area contributed by atoms with E-state index >= 15 is 0 Å². The summed E-state index contributed by atoms with van der Waals surface area (Å²) in [6, 6.07) is 5.38. The van der Waals surface area contributed by atoms with Crippen molar-refractivity contribution in [1.29, 1.82) is 5.26 Å². The Labute approximate surface area is 103 Å². The summed E-state index contributed by atoms with van der Waals surface area (Å²) in [6.45, 7) is 2.11. The van der Waals surface area contributed by atoms with Crippen LogP contribution in [0.1, 0.15) is 27.3 Å². The molecule has 0 aliphatic heterocycles. The highest BCUT2D eigenvalue weighted by Crippen LogP contribution is 2.10. The molecule has 18 heavy (non-hydrogen) atoms. The minimum absolute atomic E-state index is 0.185. The van der Waals surface area contributed by atoms with Gasteiger partial charge in [-0.2, -0.15) is 10.4 Å². The highest BCUT2D eigenvalue weighted by atomic mass is 16.4. The number of hydrogen-bond acceptors (Lipinski definition) is 4. The van der Waals surface area contributed by atoms with Gasteiger partial charge in [0.25, 0.3) is 0 Å². The maximum Gasteiger partial charge on any atom is 0.339 e. The summed E-state index contributed by atoms with van der Waals surface area (Å²) in [6.07, 6.45) is 2.87. The maximum atomic E-state index is 10.9. The molecule has 0 saturated carbocycles. The zero-order valence-electron chi connectivity index (χ0n) is 9.66. The normalized spacial score (nSPS) is 10.0. The van der Waals surface area contributed by atoms with E-state index in [1.165, 1.54) is 6.20 Å². The second kappa shape index (κ2) is 4.67. The average molecular weight is 242 g/mol. The van der Waals surface area contributed by atoms with Gasteiger partial charge in [0.1, 0.15) is 17.3 Å². The minimum Gasteiger partial charge on any atom is -0.478 e. The third-order valence-electron chi connectivity index (χ3n) is 2.60. The van der Waals surface area contributed by atoms with E-state index < -0.39 is 5.97 Å². The number of rotatable bonds is 3. The van der Waals surface area contributed by atoms with Crippen LogP contribution in [0.5, 0.6) is 0 Å². The van der Waals surface area contributed by atoms with Gasteiger partial charge in [0.15, 0.2) is 0 Å². The van der Waals surface area contributed by atoms with Crippen LogP contribution < -0.4 is 0 Å². The lowest BCUT2D eigenvalue weighted by molar-refractivity contribution is 0.0696. The van der Waals surface area contributed by atoms with Crippen LogP contribution in [0.3, 0.4) is 0 Å². The van der Waals surface area contributed by atoms with Crippen molar-refractivity contribution in [2.24, 2.45) is 0 Å². The molecule has 0 aliphatic carbocycles. The molecule has 2 heterocycles. The van der Waals surface area contributed by atoms with Crippen molar-refractivity contribution < 1.29 is 9.90 Å². The molecule has 0 fully saturated rings. The van der Waals surface area contributed by atoms with Crippen molar-refractivity contribution in [3.8, 4) is 6.07 Å². The number of carbonyl (C=O) groups is 1. The van der Waals surface area contributed by atoms with Gasteiger partial charge >= 0.3 is 5.97 Å². The number of carboxylic acid groups (broad SMARTS) is 1. The fraction of sp³-hybridized carbons (Fsp3) is 0.167. The van der Waals surface area contributed by atoms with Crippen molar-refractivity contribution in [3.63, 3.8) is 0 Å². The molecule has 6 nitrogen and oxygen atoms in total. The summed E-state index contributed by atoms with van der Waals surface area (Å²) >= 11 is 0. The first-order valence-electron chi connectivity index (χ1n) is 5.22. The van der Waals surface area contributed by atoms with Crippen molar-refractivity contribution in [2.75, 3.05) is 0 Å². The maximum absolute atomic E-state index is 10.9. The summed E-state index contributed by atoms with van der Waals surface area (Å²) in [5.41, 5.74) is 1.95. The van der Waals surface area contributed by atoms with E-state index in [1.54, 1.807) is 29.9 Å². The van der Waals surface area contributed by atoms with Crippen LogP contribution in [-0.4, -0.2) is 25.8 Å². The molecule has 0 amide bonds. The second-order valence-corrected chi connectivity index (χ2v) is 3.77. The van der Waals surface area contributed by atoms with Crippen molar-refractivity contribution in [2.45, 2.75) is 13.5 Å². The first-order chi connectivity index (χ1) is 8.61. The standard InChI is InChI=1S/C12H10N4O2/c1-8-11(12(17)18)6-15-16(8)7-9-2-3-14-10(4-9)5-13/h2-4,6H,7H2,1H3,(H,17,18). The van der Waals surface area contributed by atoms with Gasteiger partial charge in [0.05, 0.1) is 18.4 Å². The molecule has 0 radical (unpaired) electrons. The molecule has 2 rings (SSSR count).